The molecule has 0 fully saturated rings. The first-order chi connectivity index (χ1) is 8.59. The number of aromatic carboxylic acids is 1. The lowest BCUT2D eigenvalue weighted by atomic mass is 10.00. The van der Waals surface area contributed by atoms with Crippen molar-refractivity contribution in [2.75, 3.05) is 0 Å². The summed E-state index contributed by atoms with van der Waals surface area (Å²) in [4.78, 5) is 11.0. The fourth-order valence-corrected chi connectivity index (χ4v) is 2.55. The van der Waals surface area contributed by atoms with Crippen molar-refractivity contribution >= 4 is 33.5 Å². The fraction of sp³-hybridized carbons (Fsp3) is 0.0714. The molecule has 4 heteroatoms. The van der Waals surface area contributed by atoms with Crippen LogP contribution in [0.2, 0.25) is 5.02 Å². The number of hydrogen-bond acceptors (Lipinski definition) is 1. The SMILES string of the molecule is O=C(O)c1ccccc1[C@H](Br)c1ccc(Cl)cc1. The molecule has 0 unspecified atom stereocenters. The van der Waals surface area contributed by atoms with Gasteiger partial charge in [-0.05, 0) is 29.3 Å². The Hall–Kier alpha value is -1.32. The van der Waals surface area contributed by atoms with E-state index >= 15 is 0 Å². The number of halogens is 2. The summed E-state index contributed by atoms with van der Waals surface area (Å²) in [5.41, 5.74) is 2.00. The van der Waals surface area contributed by atoms with Crippen LogP contribution in [0.15, 0.2) is 48.5 Å². The highest BCUT2D eigenvalue weighted by molar-refractivity contribution is 9.09. The van der Waals surface area contributed by atoms with Crippen molar-refractivity contribution in [1.82, 2.24) is 0 Å². The molecule has 0 saturated heterocycles. The lowest BCUT2D eigenvalue weighted by molar-refractivity contribution is 0.0696. The molecule has 0 radical (unpaired) electrons. The van der Waals surface area contributed by atoms with Crippen molar-refractivity contribution in [2.24, 2.45) is 0 Å². The summed E-state index contributed by atoms with van der Waals surface area (Å²) in [5.74, 6) is -0.927. The van der Waals surface area contributed by atoms with E-state index in [1.807, 2.05) is 18.2 Å². The standard InChI is InChI=1S/C14H10BrClO2/c15-13(9-5-7-10(16)8-6-9)11-3-1-2-4-12(11)14(17)18/h1-8,13H,(H,17,18)/t13-/m1/s1. The van der Waals surface area contributed by atoms with Gasteiger partial charge in [-0.25, -0.2) is 4.79 Å². The summed E-state index contributed by atoms with van der Waals surface area (Å²) in [5, 5.41) is 9.82. The van der Waals surface area contributed by atoms with Crippen LogP contribution in [0, 0.1) is 0 Å². The van der Waals surface area contributed by atoms with Crippen molar-refractivity contribution in [3.63, 3.8) is 0 Å². The number of alkyl halides is 1. The highest BCUT2D eigenvalue weighted by Gasteiger charge is 2.17. The second kappa shape index (κ2) is 5.55. The second-order valence-electron chi connectivity index (χ2n) is 3.81. The molecular weight excluding hydrogens is 316 g/mol. The average Bonchev–Trinajstić information content (AvgIpc) is 2.39. The minimum atomic E-state index is -0.927. The maximum Gasteiger partial charge on any atom is 0.336 e. The topological polar surface area (TPSA) is 37.3 Å². The number of carbonyl (C=O) groups is 1. The first kappa shape index (κ1) is 13.1. The van der Waals surface area contributed by atoms with Gasteiger partial charge in [0.05, 0.1) is 10.4 Å². The van der Waals surface area contributed by atoms with Crippen molar-refractivity contribution in [1.29, 1.82) is 0 Å². The van der Waals surface area contributed by atoms with Crippen molar-refractivity contribution < 1.29 is 9.90 Å². The van der Waals surface area contributed by atoms with E-state index in [2.05, 4.69) is 15.9 Å². The summed E-state index contributed by atoms with van der Waals surface area (Å²) in [6, 6.07) is 14.3. The third-order valence-electron chi connectivity index (χ3n) is 2.63. The molecule has 2 aromatic carbocycles. The number of carboxylic acids is 1. The molecule has 2 rings (SSSR count). The average molecular weight is 326 g/mol. The highest BCUT2D eigenvalue weighted by atomic mass is 79.9. The molecule has 2 nitrogen and oxygen atoms in total. The molecule has 0 aromatic heterocycles. The zero-order chi connectivity index (χ0) is 13.1. The van der Waals surface area contributed by atoms with Crippen LogP contribution in [0.3, 0.4) is 0 Å². The van der Waals surface area contributed by atoms with Gasteiger partial charge in [0.1, 0.15) is 0 Å². The van der Waals surface area contributed by atoms with Gasteiger partial charge in [-0.3, -0.25) is 0 Å². The van der Waals surface area contributed by atoms with Gasteiger partial charge >= 0.3 is 5.97 Å². The van der Waals surface area contributed by atoms with Gasteiger partial charge in [0.2, 0.25) is 0 Å². The van der Waals surface area contributed by atoms with Crippen molar-refractivity contribution in [3.05, 3.63) is 70.2 Å². The molecule has 0 spiro atoms. The lowest BCUT2D eigenvalue weighted by Crippen LogP contribution is -2.04. The predicted octanol–water partition coefficient (Wildman–Crippen LogP) is 4.52. The van der Waals surface area contributed by atoms with Gasteiger partial charge in [-0.15, -0.1) is 0 Å². The summed E-state index contributed by atoms with van der Waals surface area (Å²) in [7, 11) is 0. The molecule has 0 aliphatic rings. The first-order valence-electron chi connectivity index (χ1n) is 5.31. The Bertz CT molecular complexity index is 566. The quantitative estimate of drug-likeness (QED) is 0.842. The number of rotatable bonds is 3. The molecule has 0 aliphatic heterocycles. The predicted molar refractivity (Wildman–Crippen MR) is 75.6 cm³/mol. The van der Waals surface area contributed by atoms with E-state index in [0.717, 1.165) is 11.1 Å². The third-order valence-corrected chi connectivity index (χ3v) is 3.90. The van der Waals surface area contributed by atoms with Crippen LogP contribution in [-0.4, -0.2) is 11.1 Å². The highest BCUT2D eigenvalue weighted by Crippen LogP contribution is 2.33. The summed E-state index contributed by atoms with van der Waals surface area (Å²) in [6.45, 7) is 0. The molecule has 0 amide bonds. The van der Waals surface area contributed by atoms with Gasteiger partial charge in [-0.1, -0.05) is 57.9 Å². The zero-order valence-corrected chi connectivity index (χ0v) is 11.6. The van der Waals surface area contributed by atoms with E-state index in [-0.39, 0.29) is 4.83 Å². The maximum absolute atomic E-state index is 11.2. The fourth-order valence-electron chi connectivity index (χ4n) is 1.72. The van der Waals surface area contributed by atoms with Crippen LogP contribution in [0.5, 0.6) is 0 Å². The molecular formula is C14H10BrClO2. The van der Waals surface area contributed by atoms with Crippen LogP contribution >= 0.6 is 27.5 Å². The van der Waals surface area contributed by atoms with Crippen LogP contribution < -0.4 is 0 Å². The Labute approximate surface area is 118 Å². The maximum atomic E-state index is 11.2. The smallest absolute Gasteiger partial charge is 0.336 e. The van der Waals surface area contributed by atoms with Gasteiger partial charge < -0.3 is 5.11 Å². The number of carboxylic acid groups (broad SMARTS) is 1. The van der Waals surface area contributed by atoms with Crippen LogP contribution in [0.4, 0.5) is 0 Å². The van der Waals surface area contributed by atoms with E-state index in [9.17, 15) is 4.79 Å². The summed E-state index contributed by atoms with van der Waals surface area (Å²) >= 11 is 9.37. The Morgan fingerprint density at radius 2 is 1.72 bits per heavy atom. The summed E-state index contributed by atoms with van der Waals surface area (Å²) in [6.07, 6.45) is 0. The van der Waals surface area contributed by atoms with Gasteiger partial charge in [0.25, 0.3) is 0 Å². The normalized spacial score (nSPS) is 12.1. The van der Waals surface area contributed by atoms with E-state index < -0.39 is 5.97 Å². The Kier molecular flexibility index (Phi) is 4.04. The molecule has 2 aromatic rings. The van der Waals surface area contributed by atoms with E-state index in [1.54, 1.807) is 30.3 Å². The van der Waals surface area contributed by atoms with Crippen LogP contribution in [-0.2, 0) is 0 Å². The Morgan fingerprint density at radius 3 is 2.33 bits per heavy atom. The third kappa shape index (κ3) is 2.74. The minimum absolute atomic E-state index is 0.165. The minimum Gasteiger partial charge on any atom is -0.478 e. The van der Waals surface area contributed by atoms with Crippen molar-refractivity contribution in [3.8, 4) is 0 Å². The van der Waals surface area contributed by atoms with Gasteiger partial charge in [0, 0.05) is 5.02 Å². The van der Waals surface area contributed by atoms with Crippen LogP contribution in [0.25, 0.3) is 0 Å². The Balaban J connectivity index is 2.42. The van der Waals surface area contributed by atoms with E-state index in [4.69, 9.17) is 16.7 Å². The molecule has 0 heterocycles. The molecule has 1 atom stereocenters. The molecule has 0 saturated carbocycles. The molecule has 0 bridgehead atoms. The van der Waals surface area contributed by atoms with Crippen LogP contribution in [0.1, 0.15) is 26.3 Å². The van der Waals surface area contributed by atoms with E-state index in [0.29, 0.717) is 10.6 Å². The largest absolute Gasteiger partial charge is 0.478 e. The zero-order valence-electron chi connectivity index (χ0n) is 9.31. The first-order valence-corrected chi connectivity index (χ1v) is 6.60. The van der Waals surface area contributed by atoms with E-state index in [1.165, 1.54) is 0 Å². The van der Waals surface area contributed by atoms with Crippen molar-refractivity contribution in [2.45, 2.75) is 4.83 Å². The number of benzene rings is 2. The molecule has 18 heavy (non-hydrogen) atoms. The molecule has 92 valence electrons. The lowest BCUT2D eigenvalue weighted by Gasteiger charge is -2.13. The Morgan fingerprint density at radius 1 is 1.11 bits per heavy atom. The molecule has 1 N–H and O–H groups in total. The summed E-state index contributed by atoms with van der Waals surface area (Å²) < 4.78 is 0. The monoisotopic (exact) mass is 324 g/mol. The molecule has 0 aliphatic carbocycles. The number of hydrogen-bond donors (Lipinski definition) is 1. The van der Waals surface area contributed by atoms with Gasteiger partial charge in [0.15, 0.2) is 0 Å². The van der Waals surface area contributed by atoms with Gasteiger partial charge in [-0.2, -0.15) is 0 Å². The second-order valence-corrected chi connectivity index (χ2v) is 5.16.